The number of carbonyl (C=O) groups is 1. The highest BCUT2D eigenvalue weighted by atomic mass is 16.5. The van der Waals surface area contributed by atoms with E-state index in [0.717, 1.165) is 41.3 Å². The Kier molecular flexibility index (Phi) is 8.02. The Morgan fingerprint density at radius 1 is 1.23 bits per heavy atom. The molecule has 0 saturated carbocycles. The Labute approximate surface area is 178 Å². The van der Waals surface area contributed by atoms with E-state index < -0.39 is 0 Å². The molecule has 1 aliphatic heterocycles. The first-order valence-electron chi connectivity index (χ1n) is 10.6. The lowest BCUT2D eigenvalue weighted by Crippen LogP contribution is -2.22. The van der Waals surface area contributed by atoms with Crippen molar-refractivity contribution in [3.8, 4) is 11.5 Å². The fourth-order valence-corrected chi connectivity index (χ4v) is 3.59. The predicted octanol–water partition coefficient (Wildman–Crippen LogP) is 2.89. The van der Waals surface area contributed by atoms with Crippen molar-refractivity contribution in [2.75, 3.05) is 33.4 Å². The quantitative estimate of drug-likeness (QED) is 0.605. The largest absolute Gasteiger partial charge is 0.493 e. The van der Waals surface area contributed by atoms with E-state index in [1.54, 1.807) is 13.3 Å². The van der Waals surface area contributed by atoms with Gasteiger partial charge < -0.3 is 19.7 Å². The molecule has 7 nitrogen and oxygen atoms in total. The molecule has 1 aliphatic rings. The van der Waals surface area contributed by atoms with Gasteiger partial charge in [-0.15, -0.1) is 0 Å². The Morgan fingerprint density at radius 3 is 2.77 bits per heavy atom. The van der Waals surface area contributed by atoms with Crippen LogP contribution in [-0.2, 0) is 17.8 Å². The lowest BCUT2D eigenvalue weighted by Gasteiger charge is -2.16. The summed E-state index contributed by atoms with van der Waals surface area (Å²) in [5.41, 5.74) is 2.85. The summed E-state index contributed by atoms with van der Waals surface area (Å²) in [6.45, 7) is 8.02. The van der Waals surface area contributed by atoms with Crippen LogP contribution >= 0.6 is 0 Å². The minimum atomic E-state index is -0.0729. The molecule has 0 bridgehead atoms. The van der Waals surface area contributed by atoms with Gasteiger partial charge in [-0.2, -0.15) is 0 Å². The topological polar surface area (TPSA) is 76.6 Å². The molecule has 2 aromatic rings. The summed E-state index contributed by atoms with van der Waals surface area (Å²) in [6, 6.07) is 5.94. The molecule has 0 unspecified atom stereocenters. The molecule has 3 rings (SSSR count). The van der Waals surface area contributed by atoms with Crippen molar-refractivity contribution >= 4 is 5.91 Å². The van der Waals surface area contributed by atoms with Crippen LogP contribution in [0.2, 0.25) is 0 Å². The Morgan fingerprint density at radius 2 is 2.03 bits per heavy atom. The molecule has 1 N–H and O–H groups in total. The van der Waals surface area contributed by atoms with Gasteiger partial charge in [0.2, 0.25) is 5.91 Å². The highest BCUT2D eigenvalue weighted by molar-refractivity contribution is 5.72. The van der Waals surface area contributed by atoms with Gasteiger partial charge in [-0.1, -0.05) is 6.07 Å². The number of rotatable bonds is 10. The van der Waals surface area contributed by atoms with Gasteiger partial charge in [-0.05, 0) is 62.5 Å². The number of ether oxygens (including phenoxy) is 2. The van der Waals surface area contributed by atoms with Gasteiger partial charge in [0.15, 0.2) is 11.5 Å². The molecule has 1 fully saturated rings. The first kappa shape index (κ1) is 22.0. The molecule has 0 atom stereocenters. The minimum absolute atomic E-state index is 0.0729. The van der Waals surface area contributed by atoms with Gasteiger partial charge in [0.1, 0.15) is 5.82 Å². The minimum Gasteiger partial charge on any atom is -0.493 e. The maximum atomic E-state index is 11.2. The van der Waals surface area contributed by atoms with Crippen molar-refractivity contribution in [2.45, 2.75) is 46.1 Å². The smallest absolute Gasteiger partial charge is 0.217 e. The summed E-state index contributed by atoms with van der Waals surface area (Å²) >= 11 is 0. The van der Waals surface area contributed by atoms with Crippen LogP contribution in [0.3, 0.4) is 0 Å². The predicted molar refractivity (Wildman–Crippen MR) is 116 cm³/mol. The van der Waals surface area contributed by atoms with Gasteiger partial charge >= 0.3 is 0 Å². The lowest BCUT2D eigenvalue weighted by atomic mass is 10.1. The number of hydrogen-bond acceptors (Lipinski definition) is 6. The van der Waals surface area contributed by atoms with E-state index >= 15 is 0 Å². The van der Waals surface area contributed by atoms with E-state index in [9.17, 15) is 4.79 Å². The zero-order chi connectivity index (χ0) is 21.3. The van der Waals surface area contributed by atoms with Crippen LogP contribution in [-0.4, -0.2) is 54.1 Å². The molecular weight excluding hydrogens is 380 g/mol. The van der Waals surface area contributed by atoms with E-state index in [0.29, 0.717) is 25.4 Å². The van der Waals surface area contributed by atoms with Crippen molar-refractivity contribution < 1.29 is 14.3 Å². The molecule has 0 radical (unpaired) electrons. The summed E-state index contributed by atoms with van der Waals surface area (Å²) in [7, 11) is 1.66. The second-order valence-electron chi connectivity index (χ2n) is 7.74. The second-order valence-corrected chi connectivity index (χ2v) is 7.74. The average molecular weight is 413 g/mol. The molecule has 0 spiro atoms. The van der Waals surface area contributed by atoms with Gasteiger partial charge in [-0.3, -0.25) is 4.79 Å². The second kappa shape index (κ2) is 10.9. The number of aryl methyl sites for hydroxylation is 1. The van der Waals surface area contributed by atoms with Crippen molar-refractivity contribution in [1.82, 2.24) is 20.2 Å². The highest BCUT2D eigenvalue weighted by Gasteiger charge is 2.12. The number of benzene rings is 1. The summed E-state index contributed by atoms with van der Waals surface area (Å²) in [5, 5.41) is 2.80. The van der Waals surface area contributed by atoms with Crippen LogP contribution in [0.1, 0.15) is 48.8 Å². The summed E-state index contributed by atoms with van der Waals surface area (Å²) in [6.07, 6.45) is 6.01. The van der Waals surface area contributed by atoms with Crippen molar-refractivity contribution in [1.29, 1.82) is 0 Å². The Balaban J connectivity index is 1.62. The molecule has 0 aliphatic carbocycles. The number of aromatic nitrogens is 2. The fraction of sp³-hybridized carbons (Fsp3) is 0.522. The number of methoxy groups -OCH3 is 1. The zero-order valence-electron chi connectivity index (χ0n) is 18.2. The van der Waals surface area contributed by atoms with Gasteiger partial charge in [0.05, 0.1) is 26.0 Å². The van der Waals surface area contributed by atoms with Gasteiger partial charge in [0, 0.05) is 26.1 Å². The summed E-state index contributed by atoms with van der Waals surface area (Å²) in [4.78, 5) is 22.8. The van der Waals surface area contributed by atoms with E-state index in [-0.39, 0.29) is 5.91 Å². The van der Waals surface area contributed by atoms with Crippen LogP contribution in [0.25, 0.3) is 0 Å². The zero-order valence-corrected chi connectivity index (χ0v) is 18.2. The van der Waals surface area contributed by atoms with E-state index in [4.69, 9.17) is 9.47 Å². The van der Waals surface area contributed by atoms with Crippen molar-refractivity contribution in [3.05, 3.63) is 47.0 Å². The molecule has 30 heavy (non-hydrogen) atoms. The maximum Gasteiger partial charge on any atom is 0.217 e. The molecule has 1 aromatic carbocycles. The highest BCUT2D eigenvalue weighted by Crippen LogP contribution is 2.29. The molecule has 2 heterocycles. The molecule has 1 amide bonds. The van der Waals surface area contributed by atoms with E-state index in [2.05, 4.69) is 20.2 Å². The fourth-order valence-electron chi connectivity index (χ4n) is 3.59. The van der Waals surface area contributed by atoms with Crippen LogP contribution in [0.5, 0.6) is 11.5 Å². The third-order valence-corrected chi connectivity index (χ3v) is 5.30. The summed E-state index contributed by atoms with van der Waals surface area (Å²) in [5.74, 6) is 2.13. The number of nitrogens with zero attached hydrogens (tertiary/aromatic N) is 3. The van der Waals surface area contributed by atoms with Crippen molar-refractivity contribution in [2.24, 2.45) is 0 Å². The number of carbonyl (C=O) groups excluding carboxylic acids is 1. The van der Waals surface area contributed by atoms with Crippen LogP contribution in [0.15, 0.2) is 24.4 Å². The molecule has 162 valence electrons. The van der Waals surface area contributed by atoms with Crippen molar-refractivity contribution in [3.63, 3.8) is 0 Å². The lowest BCUT2D eigenvalue weighted by molar-refractivity contribution is -0.119. The van der Waals surface area contributed by atoms with Crippen LogP contribution in [0.4, 0.5) is 0 Å². The van der Waals surface area contributed by atoms with E-state index in [1.807, 2.05) is 25.1 Å². The number of nitrogens with one attached hydrogen (secondary N) is 1. The van der Waals surface area contributed by atoms with Gasteiger partial charge in [-0.25, -0.2) is 9.97 Å². The standard InChI is InChI=1S/C23H32N4O3/c1-17-15-25-23(26-20(17)16-24-18(2)28)14-19-7-8-21(29-3)22(13-19)30-12-6-11-27-9-4-5-10-27/h7-8,13,15H,4-6,9-12,14,16H2,1-3H3,(H,24,28). The van der Waals surface area contributed by atoms with E-state index in [1.165, 1.54) is 32.9 Å². The summed E-state index contributed by atoms with van der Waals surface area (Å²) < 4.78 is 11.5. The normalized spacial score (nSPS) is 14.0. The Hall–Kier alpha value is -2.67. The average Bonchev–Trinajstić information content (AvgIpc) is 3.25. The SMILES string of the molecule is COc1ccc(Cc2ncc(C)c(CNC(C)=O)n2)cc1OCCCN1CCCC1. The molecule has 1 aromatic heterocycles. The number of likely N-dealkylation sites (tertiary alicyclic amines) is 1. The Bertz CT molecular complexity index is 850. The monoisotopic (exact) mass is 412 g/mol. The number of hydrogen-bond donors (Lipinski definition) is 1. The molecule has 7 heteroatoms. The molecule has 1 saturated heterocycles. The maximum absolute atomic E-state index is 11.2. The van der Waals surface area contributed by atoms with Crippen LogP contribution < -0.4 is 14.8 Å². The van der Waals surface area contributed by atoms with Crippen LogP contribution in [0, 0.1) is 6.92 Å². The third kappa shape index (κ3) is 6.42. The molecular formula is C23H32N4O3. The first-order chi connectivity index (χ1) is 14.5. The van der Waals surface area contributed by atoms with Gasteiger partial charge in [0.25, 0.3) is 0 Å². The third-order valence-electron chi connectivity index (χ3n) is 5.30. The first-order valence-corrected chi connectivity index (χ1v) is 10.6. The number of amides is 1.